The molecule has 2 unspecified atom stereocenters. The number of likely N-dealkylation sites (tertiary alicyclic amines) is 1. The van der Waals surface area contributed by atoms with Gasteiger partial charge in [-0.1, -0.05) is 6.92 Å². The van der Waals surface area contributed by atoms with Crippen LogP contribution in [0.3, 0.4) is 0 Å². The molecule has 1 rings (SSSR count). The molecule has 0 aliphatic carbocycles. The molecule has 3 nitrogen and oxygen atoms in total. The molecule has 0 spiro atoms. The molecule has 82 valence electrons. The Morgan fingerprint density at radius 3 is 2.79 bits per heavy atom. The van der Waals surface area contributed by atoms with E-state index in [2.05, 4.69) is 6.92 Å². The van der Waals surface area contributed by atoms with Gasteiger partial charge in [-0.3, -0.25) is 4.79 Å². The van der Waals surface area contributed by atoms with Crippen LogP contribution in [0.15, 0.2) is 0 Å². The fraction of sp³-hybridized carbons (Fsp3) is 0.900. The lowest BCUT2D eigenvalue weighted by Crippen LogP contribution is -2.38. The maximum Gasteiger partial charge on any atom is 0.235 e. The minimum atomic E-state index is 0.0788. The van der Waals surface area contributed by atoms with Gasteiger partial charge in [-0.15, -0.1) is 0 Å². The Balaban J connectivity index is 2.54. The Morgan fingerprint density at radius 1 is 1.71 bits per heavy atom. The van der Waals surface area contributed by atoms with Crippen molar-refractivity contribution in [3.05, 3.63) is 0 Å². The van der Waals surface area contributed by atoms with Crippen LogP contribution >= 0.6 is 11.8 Å². The van der Waals surface area contributed by atoms with E-state index in [1.165, 1.54) is 0 Å². The van der Waals surface area contributed by atoms with Gasteiger partial charge in [0.15, 0.2) is 0 Å². The lowest BCUT2D eigenvalue weighted by atomic mass is 9.90. The summed E-state index contributed by atoms with van der Waals surface area (Å²) < 4.78 is 0. The van der Waals surface area contributed by atoms with Gasteiger partial charge in [-0.2, -0.15) is 11.8 Å². The van der Waals surface area contributed by atoms with Crippen molar-refractivity contribution in [2.75, 3.05) is 25.9 Å². The second-order valence-electron chi connectivity index (χ2n) is 4.40. The quantitative estimate of drug-likeness (QED) is 0.763. The van der Waals surface area contributed by atoms with Gasteiger partial charge in [0.05, 0.1) is 5.25 Å². The molecule has 1 fully saturated rings. The predicted molar refractivity (Wildman–Crippen MR) is 61.3 cm³/mol. The third-order valence-corrected chi connectivity index (χ3v) is 3.97. The van der Waals surface area contributed by atoms with Crippen molar-refractivity contribution in [2.45, 2.75) is 25.5 Å². The summed E-state index contributed by atoms with van der Waals surface area (Å²) >= 11 is 1.61. The SMILES string of the molecule is CSC(C)C(=O)N1CCC(C)(CN)C1. The summed E-state index contributed by atoms with van der Waals surface area (Å²) in [5, 5.41) is 0.0788. The molecule has 0 aromatic heterocycles. The highest BCUT2D eigenvalue weighted by molar-refractivity contribution is 7.99. The first kappa shape index (κ1) is 11.9. The van der Waals surface area contributed by atoms with Crippen molar-refractivity contribution < 1.29 is 4.79 Å². The van der Waals surface area contributed by atoms with Crippen LogP contribution < -0.4 is 5.73 Å². The summed E-state index contributed by atoms with van der Waals surface area (Å²) in [5.41, 5.74) is 5.84. The molecule has 0 bridgehead atoms. The van der Waals surface area contributed by atoms with Gasteiger partial charge in [-0.05, 0) is 31.6 Å². The molecule has 1 amide bonds. The summed E-state index contributed by atoms with van der Waals surface area (Å²) in [4.78, 5) is 13.8. The molecule has 0 aromatic carbocycles. The maximum absolute atomic E-state index is 11.8. The fourth-order valence-electron chi connectivity index (χ4n) is 1.74. The van der Waals surface area contributed by atoms with Gasteiger partial charge >= 0.3 is 0 Å². The van der Waals surface area contributed by atoms with E-state index in [4.69, 9.17) is 5.73 Å². The first-order valence-electron chi connectivity index (χ1n) is 5.04. The lowest BCUT2D eigenvalue weighted by Gasteiger charge is -2.24. The summed E-state index contributed by atoms with van der Waals surface area (Å²) in [5.74, 6) is 0.259. The van der Waals surface area contributed by atoms with Crippen molar-refractivity contribution in [3.8, 4) is 0 Å². The molecule has 4 heteroatoms. The van der Waals surface area contributed by atoms with Crippen molar-refractivity contribution in [3.63, 3.8) is 0 Å². The Bertz CT molecular complexity index is 222. The highest BCUT2D eigenvalue weighted by Gasteiger charge is 2.35. The first-order chi connectivity index (χ1) is 6.52. The van der Waals surface area contributed by atoms with E-state index in [0.29, 0.717) is 6.54 Å². The summed E-state index contributed by atoms with van der Waals surface area (Å²) in [6.45, 7) is 6.49. The number of carbonyl (C=O) groups excluding carboxylic acids is 1. The van der Waals surface area contributed by atoms with Crippen LogP contribution in [0.1, 0.15) is 20.3 Å². The van der Waals surface area contributed by atoms with Crippen LogP contribution in [0, 0.1) is 5.41 Å². The number of rotatable bonds is 3. The second-order valence-corrected chi connectivity index (χ2v) is 5.58. The minimum Gasteiger partial charge on any atom is -0.341 e. The Kier molecular flexibility index (Phi) is 3.84. The van der Waals surface area contributed by atoms with Crippen molar-refractivity contribution in [2.24, 2.45) is 11.1 Å². The standard InChI is InChI=1S/C10H20N2OS/c1-8(14-3)9(13)12-5-4-10(2,6-11)7-12/h8H,4-7,11H2,1-3H3. The van der Waals surface area contributed by atoms with Crippen molar-refractivity contribution >= 4 is 17.7 Å². The lowest BCUT2D eigenvalue weighted by molar-refractivity contribution is -0.129. The molecule has 0 aromatic rings. The van der Waals surface area contributed by atoms with Crippen LogP contribution in [0.4, 0.5) is 0 Å². The smallest absolute Gasteiger partial charge is 0.235 e. The zero-order chi connectivity index (χ0) is 10.8. The third kappa shape index (κ3) is 2.42. The van der Waals surface area contributed by atoms with Gasteiger partial charge < -0.3 is 10.6 Å². The third-order valence-electron chi connectivity index (χ3n) is 3.06. The molecule has 1 saturated heterocycles. The first-order valence-corrected chi connectivity index (χ1v) is 6.33. The number of carbonyl (C=O) groups is 1. The van der Waals surface area contributed by atoms with E-state index in [1.807, 2.05) is 18.1 Å². The number of thioether (sulfide) groups is 1. The van der Waals surface area contributed by atoms with Crippen LogP contribution in [0.2, 0.25) is 0 Å². The molecule has 14 heavy (non-hydrogen) atoms. The Morgan fingerprint density at radius 2 is 2.36 bits per heavy atom. The largest absolute Gasteiger partial charge is 0.341 e. The van der Waals surface area contributed by atoms with E-state index in [1.54, 1.807) is 11.8 Å². The normalized spacial score (nSPS) is 29.3. The number of amides is 1. The zero-order valence-corrected chi connectivity index (χ0v) is 10.1. The highest BCUT2D eigenvalue weighted by atomic mass is 32.2. The average Bonchev–Trinajstić information content (AvgIpc) is 2.59. The summed E-state index contributed by atoms with van der Waals surface area (Å²) in [7, 11) is 0. The molecule has 2 N–H and O–H groups in total. The van der Waals surface area contributed by atoms with E-state index < -0.39 is 0 Å². The Hall–Kier alpha value is -0.220. The second kappa shape index (κ2) is 4.53. The molecular formula is C10H20N2OS. The number of nitrogens with two attached hydrogens (primary N) is 1. The number of nitrogens with zero attached hydrogens (tertiary/aromatic N) is 1. The van der Waals surface area contributed by atoms with Crippen LogP contribution in [0.5, 0.6) is 0 Å². The highest BCUT2D eigenvalue weighted by Crippen LogP contribution is 2.29. The molecule has 1 aliphatic heterocycles. The van der Waals surface area contributed by atoms with Gasteiger partial charge in [-0.25, -0.2) is 0 Å². The maximum atomic E-state index is 11.8. The summed E-state index contributed by atoms with van der Waals surface area (Å²) in [6.07, 6.45) is 3.01. The number of hydrogen-bond acceptors (Lipinski definition) is 3. The molecule has 0 saturated carbocycles. The molecule has 0 radical (unpaired) electrons. The predicted octanol–water partition coefficient (Wildman–Crippen LogP) is 0.935. The zero-order valence-electron chi connectivity index (χ0n) is 9.25. The van der Waals surface area contributed by atoms with Gasteiger partial charge in [0.25, 0.3) is 0 Å². The Labute approximate surface area is 90.4 Å². The van der Waals surface area contributed by atoms with Crippen LogP contribution in [-0.4, -0.2) is 41.9 Å². The van der Waals surface area contributed by atoms with E-state index in [9.17, 15) is 4.79 Å². The minimum absolute atomic E-state index is 0.0788. The van der Waals surface area contributed by atoms with Crippen molar-refractivity contribution in [1.82, 2.24) is 4.90 Å². The topological polar surface area (TPSA) is 46.3 Å². The van der Waals surface area contributed by atoms with Crippen molar-refractivity contribution in [1.29, 1.82) is 0 Å². The van der Waals surface area contributed by atoms with Gasteiger partial charge in [0.2, 0.25) is 5.91 Å². The van der Waals surface area contributed by atoms with Crippen LogP contribution in [-0.2, 0) is 4.79 Å². The van der Waals surface area contributed by atoms with E-state index in [0.717, 1.165) is 19.5 Å². The summed E-state index contributed by atoms with van der Waals surface area (Å²) in [6, 6.07) is 0. The number of hydrogen-bond donors (Lipinski definition) is 1. The molecule has 1 heterocycles. The monoisotopic (exact) mass is 216 g/mol. The van der Waals surface area contributed by atoms with Crippen LogP contribution in [0.25, 0.3) is 0 Å². The van der Waals surface area contributed by atoms with E-state index in [-0.39, 0.29) is 16.6 Å². The molecule has 1 aliphatic rings. The van der Waals surface area contributed by atoms with Gasteiger partial charge in [0, 0.05) is 13.1 Å². The molecular weight excluding hydrogens is 196 g/mol. The molecule has 2 atom stereocenters. The van der Waals surface area contributed by atoms with E-state index >= 15 is 0 Å². The van der Waals surface area contributed by atoms with Gasteiger partial charge in [0.1, 0.15) is 0 Å². The fourth-order valence-corrected chi connectivity index (χ4v) is 2.09. The average molecular weight is 216 g/mol.